The largest absolute Gasteiger partial charge is 0.484 e. The molecule has 9 heteroatoms. The quantitative estimate of drug-likeness (QED) is 0.334. The van der Waals surface area contributed by atoms with Crippen molar-refractivity contribution >= 4 is 22.7 Å². The molecule has 1 saturated carbocycles. The molecular formula is C27H27N5O4. The van der Waals surface area contributed by atoms with Gasteiger partial charge in [-0.2, -0.15) is 10.2 Å². The molecule has 0 spiro atoms. The Morgan fingerprint density at radius 3 is 2.67 bits per heavy atom. The van der Waals surface area contributed by atoms with Gasteiger partial charge in [-0.1, -0.05) is 17.3 Å². The van der Waals surface area contributed by atoms with Crippen molar-refractivity contribution in [1.29, 1.82) is 5.26 Å². The van der Waals surface area contributed by atoms with Crippen molar-refractivity contribution in [2.75, 3.05) is 5.32 Å². The van der Waals surface area contributed by atoms with Crippen molar-refractivity contribution in [3.63, 3.8) is 0 Å². The van der Waals surface area contributed by atoms with E-state index in [1.165, 1.54) is 12.8 Å². The number of aromatic nitrogens is 3. The fourth-order valence-electron chi connectivity index (χ4n) is 4.20. The van der Waals surface area contributed by atoms with E-state index in [2.05, 4.69) is 26.1 Å². The highest BCUT2D eigenvalue weighted by Crippen LogP contribution is 2.39. The Morgan fingerprint density at radius 1 is 1.25 bits per heavy atom. The molecule has 2 heterocycles. The number of rotatable bonds is 8. The number of aryl methyl sites for hydroxylation is 1. The Bertz CT molecular complexity index is 1440. The number of carbonyl (C=O) groups is 1. The van der Waals surface area contributed by atoms with E-state index in [0.29, 0.717) is 34.6 Å². The molecule has 1 N–H and O–H groups in total. The van der Waals surface area contributed by atoms with Gasteiger partial charge < -0.3 is 18.6 Å². The molecule has 0 bridgehead atoms. The minimum atomic E-state index is -0.499. The molecule has 0 atom stereocenters. The number of benzene rings is 2. The monoisotopic (exact) mass is 485 g/mol. The minimum absolute atomic E-state index is 0.168. The van der Waals surface area contributed by atoms with Crippen molar-refractivity contribution < 1.29 is 18.8 Å². The summed E-state index contributed by atoms with van der Waals surface area (Å²) in [5.74, 6) is 2.21. The first-order valence-electron chi connectivity index (χ1n) is 12.0. The normalized spacial score (nSPS) is 13.1. The number of amides is 1. The lowest BCUT2D eigenvalue weighted by atomic mass is 10.1. The maximum atomic E-state index is 11.9. The fraction of sp³-hybridized carbons (Fsp3) is 0.333. The summed E-state index contributed by atoms with van der Waals surface area (Å²) in [6.45, 7) is 6.34. The zero-order valence-corrected chi connectivity index (χ0v) is 20.4. The highest BCUT2D eigenvalue weighted by Gasteiger charge is 2.27. The Morgan fingerprint density at radius 2 is 2.03 bits per heavy atom. The Labute approximate surface area is 208 Å². The van der Waals surface area contributed by atoms with Gasteiger partial charge in [0.15, 0.2) is 12.4 Å². The summed E-state index contributed by atoms with van der Waals surface area (Å²) in [6.07, 6.45) is 1.65. The van der Waals surface area contributed by atoms with E-state index in [4.69, 9.17) is 14.0 Å². The third kappa shape index (κ3) is 5.03. The minimum Gasteiger partial charge on any atom is -0.484 e. The van der Waals surface area contributed by atoms with Gasteiger partial charge in [0.2, 0.25) is 0 Å². The summed E-state index contributed by atoms with van der Waals surface area (Å²) in [6, 6.07) is 15.6. The molecule has 1 aliphatic rings. The lowest BCUT2D eigenvalue weighted by Crippen LogP contribution is -2.17. The van der Waals surface area contributed by atoms with E-state index in [9.17, 15) is 10.1 Å². The van der Waals surface area contributed by atoms with E-state index in [-0.39, 0.29) is 12.7 Å². The van der Waals surface area contributed by atoms with Crippen LogP contribution < -0.4 is 10.1 Å². The summed E-state index contributed by atoms with van der Waals surface area (Å²) in [5, 5.41) is 17.5. The number of nitriles is 1. The molecule has 2 aromatic heterocycles. The second kappa shape index (κ2) is 9.74. The zero-order chi connectivity index (χ0) is 25.2. The third-order valence-electron chi connectivity index (χ3n) is 5.96. The SMILES string of the molecule is Cc1noc(COc2ccc3c(C#N)c(-c4ccc(NC(=O)OC(C)C)cc4)n(CC4CC4)c3c2)n1. The van der Waals surface area contributed by atoms with Crippen LogP contribution in [0.4, 0.5) is 10.5 Å². The zero-order valence-electron chi connectivity index (χ0n) is 20.4. The Kier molecular flexibility index (Phi) is 6.34. The van der Waals surface area contributed by atoms with Crippen LogP contribution in [0, 0.1) is 24.2 Å². The van der Waals surface area contributed by atoms with Crippen LogP contribution in [0.15, 0.2) is 47.0 Å². The molecule has 9 nitrogen and oxygen atoms in total. The van der Waals surface area contributed by atoms with Crippen molar-refractivity contribution in [3.8, 4) is 23.1 Å². The summed E-state index contributed by atoms with van der Waals surface area (Å²) in [7, 11) is 0. The molecule has 5 rings (SSSR count). The van der Waals surface area contributed by atoms with Gasteiger partial charge in [-0.3, -0.25) is 5.32 Å². The molecule has 36 heavy (non-hydrogen) atoms. The van der Waals surface area contributed by atoms with Crippen LogP contribution in [0.2, 0.25) is 0 Å². The number of nitrogens with one attached hydrogen (secondary N) is 1. The van der Waals surface area contributed by atoms with E-state index in [0.717, 1.165) is 28.7 Å². The first kappa shape index (κ1) is 23.4. The molecule has 1 fully saturated rings. The average Bonchev–Trinajstić information content (AvgIpc) is 3.49. The molecule has 1 aliphatic carbocycles. The topological polar surface area (TPSA) is 115 Å². The summed E-state index contributed by atoms with van der Waals surface area (Å²) >= 11 is 0. The standard InChI is InChI=1S/C27H27N5O4/c1-16(2)35-27(33)30-20-8-6-19(7-9-20)26-23(13-28)22-11-10-21(34-15-25-29-17(3)31-36-25)12-24(22)32(26)14-18-4-5-18/h6-12,16,18H,4-5,14-15H2,1-3H3,(H,30,33). The van der Waals surface area contributed by atoms with Crippen LogP contribution in [0.1, 0.15) is 44.0 Å². The number of hydrogen-bond donors (Lipinski definition) is 1. The van der Waals surface area contributed by atoms with Crippen LogP contribution in [-0.2, 0) is 17.9 Å². The maximum absolute atomic E-state index is 11.9. The van der Waals surface area contributed by atoms with E-state index < -0.39 is 6.09 Å². The van der Waals surface area contributed by atoms with Crippen LogP contribution in [0.3, 0.4) is 0 Å². The number of hydrogen-bond acceptors (Lipinski definition) is 7. The third-order valence-corrected chi connectivity index (χ3v) is 5.96. The van der Waals surface area contributed by atoms with Crippen molar-refractivity contribution in [3.05, 3.63) is 59.7 Å². The van der Waals surface area contributed by atoms with Crippen LogP contribution in [-0.4, -0.2) is 26.9 Å². The highest BCUT2D eigenvalue weighted by atomic mass is 16.6. The number of nitrogens with zero attached hydrogens (tertiary/aromatic N) is 4. The average molecular weight is 486 g/mol. The number of ether oxygens (including phenoxy) is 2. The first-order valence-corrected chi connectivity index (χ1v) is 12.0. The van der Waals surface area contributed by atoms with Gasteiger partial charge in [-0.15, -0.1) is 0 Å². The maximum Gasteiger partial charge on any atom is 0.411 e. The Balaban J connectivity index is 1.49. The van der Waals surface area contributed by atoms with Crippen LogP contribution >= 0.6 is 0 Å². The van der Waals surface area contributed by atoms with Gasteiger partial charge in [0.1, 0.15) is 11.8 Å². The molecule has 2 aromatic carbocycles. The summed E-state index contributed by atoms with van der Waals surface area (Å²) < 4.78 is 18.4. The summed E-state index contributed by atoms with van der Waals surface area (Å²) in [5.41, 5.74) is 3.94. The predicted octanol–water partition coefficient (Wildman–Crippen LogP) is 5.82. The van der Waals surface area contributed by atoms with Crippen molar-refractivity contribution in [2.45, 2.75) is 52.9 Å². The Hall–Kier alpha value is -4.32. The molecule has 0 aliphatic heterocycles. The molecule has 0 unspecified atom stereocenters. The van der Waals surface area contributed by atoms with Crippen LogP contribution in [0.5, 0.6) is 5.75 Å². The molecule has 0 radical (unpaired) electrons. The fourth-order valence-corrected chi connectivity index (χ4v) is 4.20. The molecule has 0 saturated heterocycles. The van der Waals surface area contributed by atoms with E-state index >= 15 is 0 Å². The second-order valence-corrected chi connectivity index (χ2v) is 9.25. The van der Waals surface area contributed by atoms with Gasteiger partial charge >= 0.3 is 6.09 Å². The van der Waals surface area contributed by atoms with Gasteiger partial charge in [-0.05, 0) is 69.4 Å². The highest BCUT2D eigenvalue weighted by molar-refractivity contribution is 5.95. The predicted molar refractivity (Wildman–Crippen MR) is 133 cm³/mol. The van der Waals surface area contributed by atoms with Gasteiger partial charge in [0.25, 0.3) is 5.89 Å². The number of anilines is 1. The summed E-state index contributed by atoms with van der Waals surface area (Å²) in [4.78, 5) is 16.1. The number of carbonyl (C=O) groups excluding carboxylic acids is 1. The van der Waals surface area contributed by atoms with Gasteiger partial charge in [0, 0.05) is 23.7 Å². The number of fused-ring (bicyclic) bond motifs is 1. The van der Waals surface area contributed by atoms with Crippen molar-refractivity contribution in [1.82, 2.24) is 14.7 Å². The smallest absolute Gasteiger partial charge is 0.411 e. The van der Waals surface area contributed by atoms with Crippen LogP contribution in [0.25, 0.3) is 22.2 Å². The van der Waals surface area contributed by atoms with Gasteiger partial charge in [-0.25, -0.2) is 4.79 Å². The van der Waals surface area contributed by atoms with Crippen molar-refractivity contribution in [2.24, 2.45) is 5.92 Å². The molecular weight excluding hydrogens is 458 g/mol. The molecule has 1 amide bonds. The lowest BCUT2D eigenvalue weighted by molar-refractivity contribution is 0.130. The second-order valence-electron chi connectivity index (χ2n) is 9.25. The molecule has 184 valence electrons. The lowest BCUT2D eigenvalue weighted by Gasteiger charge is -2.13. The first-order chi connectivity index (χ1) is 17.4. The van der Waals surface area contributed by atoms with E-state index in [1.54, 1.807) is 20.8 Å². The van der Waals surface area contributed by atoms with E-state index in [1.807, 2.05) is 42.5 Å². The molecule has 4 aromatic rings. The van der Waals surface area contributed by atoms with Gasteiger partial charge in [0.05, 0.1) is 22.9 Å².